The molecule has 0 atom stereocenters. The number of benzene rings is 3. The number of carbonyl (C=O) groups is 2. The van der Waals surface area contributed by atoms with Crippen LogP contribution in [-0.4, -0.2) is 11.8 Å². The molecule has 0 fully saturated rings. The Kier molecular flexibility index (Phi) is 5.56. The van der Waals surface area contributed by atoms with Gasteiger partial charge in [-0.05, 0) is 41.8 Å². The molecule has 3 nitrogen and oxygen atoms in total. The SMILES string of the molecule is Cc1ccccc1N1C(=O)C(SCc2ccccc2)=C(c2ccc(Cl)cc2)C1=O. The molecule has 0 radical (unpaired) electrons. The summed E-state index contributed by atoms with van der Waals surface area (Å²) in [6.07, 6.45) is 0. The van der Waals surface area contributed by atoms with Crippen LogP contribution in [0.3, 0.4) is 0 Å². The third-order valence-electron chi connectivity index (χ3n) is 4.76. The zero-order chi connectivity index (χ0) is 20.4. The van der Waals surface area contributed by atoms with E-state index in [1.165, 1.54) is 16.7 Å². The number of aryl methyl sites for hydroxylation is 1. The Morgan fingerprint density at radius 1 is 0.828 bits per heavy atom. The van der Waals surface area contributed by atoms with E-state index in [0.29, 0.717) is 32.5 Å². The zero-order valence-electron chi connectivity index (χ0n) is 15.8. The highest BCUT2D eigenvalue weighted by Gasteiger charge is 2.40. The summed E-state index contributed by atoms with van der Waals surface area (Å²) >= 11 is 7.42. The Bertz CT molecular complexity index is 1110. The molecular formula is C24H18ClNO2S. The van der Waals surface area contributed by atoms with Gasteiger partial charge in [0.15, 0.2) is 0 Å². The maximum absolute atomic E-state index is 13.4. The van der Waals surface area contributed by atoms with Crippen molar-refractivity contribution in [1.82, 2.24) is 0 Å². The van der Waals surface area contributed by atoms with Gasteiger partial charge >= 0.3 is 0 Å². The molecule has 0 N–H and O–H groups in total. The maximum Gasteiger partial charge on any atom is 0.272 e. The highest BCUT2D eigenvalue weighted by Crippen LogP contribution is 2.40. The predicted molar refractivity (Wildman–Crippen MR) is 120 cm³/mol. The molecule has 1 heterocycles. The summed E-state index contributed by atoms with van der Waals surface area (Å²) in [5.74, 6) is 0.0193. The van der Waals surface area contributed by atoms with Gasteiger partial charge < -0.3 is 0 Å². The van der Waals surface area contributed by atoms with Crippen LogP contribution < -0.4 is 4.90 Å². The second-order valence-corrected chi connectivity index (χ2v) is 8.14. The van der Waals surface area contributed by atoms with E-state index in [4.69, 9.17) is 11.6 Å². The summed E-state index contributed by atoms with van der Waals surface area (Å²) in [6, 6.07) is 24.4. The van der Waals surface area contributed by atoms with Crippen LogP contribution in [-0.2, 0) is 15.3 Å². The van der Waals surface area contributed by atoms with E-state index >= 15 is 0 Å². The molecule has 144 valence electrons. The minimum Gasteiger partial charge on any atom is -0.268 e. The van der Waals surface area contributed by atoms with Gasteiger partial charge in [0, 0.05) is 10.8 Å². The number of hydrogen-bond donors (Lipinski definition) is 0. The zero-order valence-corrected chi connectivity index (χ0v) is 17.3. The van der Waals surface area contributed by atoms with Crippen LogP contribution in [0.4, 0.5) is 5.69 Å². The van der Waals surface area contributed by atoms with E-state index in [-0.39, 0.29) is 11.8 Å². The van der Waals surface area contributed by atoms with Crippen LogP contribution in [0.5, 0.6) is 0 Å². The first kappa shape index (κ1) is 19.5. The van der Waals surface area contributed by atoms with Crippen LogP contribution >= 0.6 is 23.4 Å². The van der Waals surface area contributed by atoms with Gasteiger partial charge in [-0.25, -0.2) is 4.90 Å². The van der Waals surface area contributed by atoms with Gasteiger partial charge in [-0.3, -0.25) is 9.59 Å². The second kappa shape index (κ2) is 8.27. The lowest BCUT2D eigenvalue weighted by Crippen LogP contribution is -2.31. The van der Waals surface area contributed by atoms with Crippen molar-refractivity contribution >= 4 is 46.4 Å². The lowest BCUT2D eigenvalue weighted by atomic mass is 10.1. The molecule has 0 unspecified atom stereocenters. The average Bonchev–Trinajstić information content (AvgIpc) is 2.98. The van der Waals surface area contributed by atoms with Crippen molar-refractivity contribution in [2.45, 2.75) is 12.7 Å². The van der Waals surface area contributed by atoms with E-state index < -0.39 is 0 Å². The monoisotopic (exact) mass is 419 g/mol. The topological polar surface area (TPSA) is 37.4 Å². The molecule has 1 aliphatic rings. The number of carbonyl (C=O) groups excluding carboxylic acids is 2. The Labute approximate surface area is 179 Å². The second-order valence-electron chi connectivity index (χ2n) is 6.72. The number of imide groups is 1. The summed E-state index contributed by atoms with van der Waals surface area (Å²) in [6.45, 7) is 1.90. The van der Waals surface area contributed by atoms with E-state index in [1.54, 1.807) is 30.3 Å². The molecule has 0 saturated heterocycles. The molecule has 2 amide bonds. The number of para-hydroxylation sites is 1. The van der Waals surface area contributed by atoms with E-state index in [0.717, 1.165) is 11.1 Å². The number of rotatable bonds is 5. The molecule has 1 aliphatic heterocycles. The fraction of sp³-hybridized carbons (Fsp3) is 0.0833. The molecule has 3 aromatic rings. The van der Waals surface area contributed by atoms with Crippen LogP contribution in [0.2, 0.25) is 5.02 Å². The van der Waals surface area contributed by atoms with Crippen molar-refractivity contribution in [2.24, 2.45) is 0 Å². The van der Waals surface area contributed by atoms with Gasteiger partial charge in [0.1, 0.15) is 0 Å². The van der Waals surface area contributed by atoms with Gasteiger partial charge in [0.05, 0.1) is 16.2 Å². The number of thioether (sulfide) groups is 1. The number of halogens is 1. The van der Waals surface area contributed by atoms with Crippen molar-refractivity contribution in [3.63, 3.8) is 0 Å². The minimum atomic E-state index is -0.304. The van der Waals surface area contributed by atoms with Gasteiger partial charge in [0.2, 0.25) is 0 Å². The van der Waals surface area contributed by atoms with Crippen molar-refractivity contribution in [2.75, 3.05) is 4.90 Å². The minimum absolute atomic E-state index is 0.282. The molecule has 0 aliphatic carbocycles. The summed E-state index contributed by atoms with van der Waals surface area (Å²) in [7, 11) is 0. The maximum atomic E-state index is 13.4. The quantitative estimate of drug-likeness (QED) is 0.485. The smallest absolute Gasteiger partial charge is 0.268 e. The van der Waals surface area contributed by atoms with Crippen LogP contribution in [0.15, 0.2) is 83.8 Å². The fourth-order valence-electron chi connectivity index (χ4n) is 3.28. The van der Waals surface area contributed by atoms with Crippen molar-refractivity contribution < 1.29 is 9.59 Å². The Hall–Kier alpha value is -2.82. The molecule has 0 spiro atoms. The normalized spacial score (nSPS) is 14.1. The molecule has 5 heteroatoms. The lowest BCUT2D eigenvalue weighted by molar-refractivity contribution is -0.119. The van der Waals surface area contributed by atoms with Gasteiger partial charge in [-0.1, -0.05) is 72.3 Å². The Balaban J connectivity index is 1.76. The van der Waals surface area contributed by atoms with E-state index in [1.807, 2.05) is 55.5 Å². The third kappa shape index (κ3) is 3.86. The highest BCUT2D eigenvalue weighted by molar-refractivity contribution is 8.03. The summed E-state index contributed by atoms with van der Waals surface area (Å²) in [4.78, 5) is 28.5. The van der Waals surface area contributed by atoms with Gasteiger partial charge in [0.25, 0.3) is 11.8 Å². The van der Waals surface area contributed by atoms with E-state index in [9.17, 15) is 9.59 Å². The largest absolute Gasteiger partial charge is 0.272 e. The predicted octanol–water partition coefficient (Wildman–Crippen LogP) is 5.87. The first-order valence-corrected chi connectivity index (χ1v) is 10.5. The summed E-state index contributed by atoms with van der Waals surface area (Å²) < 4.78 is 0. The molecule has 0 saturated carbocycles. The van der Waals surface area contributed by atoms with Crippen molar-refractivity contribution in [3.05, 3.63) is 105 Å². The molecule has 4 rings (SSSR count). The van der Waals surface area contributed by atoms with E-state index in [2.05, 4.69) is 0 Å². The summed E-state index contributed by atoms with van der Waals surface area (Å²) in [5, 5.41) is 0.584. The molecule has 0 bridgehead atoms. The van der Waals surface area contributed by atoms with Crippen LogP contribution in [0.1, 0.15) is 16.7 Å². The Morgan fingerprint density at radius 3 is 2.17 bits per heavy atom. The number of hydrogen-bond acceptors (Lipinski definition) is 3. The number of anilines is 1. The lowest BCUT2D eigenvalue weighted by Gasteiger charge is -2.17. The molecule has 3 aromatic carbocycles. The fourth-order valence-corrected chi connectivity index (χ4v) is 4.47. The number of amides is 2. The Morgan fingerprint density at radius 2 is 1.48 bits per heavy atom. The average molecular weight is 420 g/mol. The van der Waals surface area contributed by atoms with Crippen LogP contribution in [0, 0.1) is 6.92 Å². The highest BCUT2D eigenvalue weighted by atomic mass is 35.5. The molecule has 29 heavy (non-hydrogen) atoms. The first-order valence-electron chi connectivity index (χ1n) is 9.17. The standard InChI is InChI=1S/C24H18ClNO2S/c1-16-7-5-6-10-20(16)26-23(27)21(18-11-13-19(25)14-12-18)22(24(26)28)29-15-17-8-3-2-4-9-17/h2-14H,15H2,1H3. The third-order valence-corrected chi connectivity index (χ3v) is 6.15. The van der Waals surface area contributed by atoms with Crippen molar-refractivity contribution in [3.8, 4) is 0 Å². The van der Waals surface area contributed by atoms with Gasteiger partial charge in [-0.2, -0.15) is 0 Å². The molecular weight excluding hydrogens is 402 g/mol. The number of nitrogens with zero attached hydrogens (tertiary/aromatic N) is 1. The van der Waals surface area contributed by atoms with Crippen LogP contribution in [0.25, 0.3) is 5.57 Å². The van der Waals surface area contributed by atoms with Gasteiger partial charge in [-0.15, -0.1) is 11.8 Å². The molecule has 0 aromatic heterocycles. The summed E-state index contributed by atoms with van der Waals surface area (Å²) in [5.41, 5.74) is 3.70. The first-order chi connectivity index (χ1) is 14.1. The van der Waals surface area contributed by atoms with Crippen molar-refractivity contribution in [1.29, 1.82) is 0 Å².